The maximum absolute atomic E-state index is 12.6. The summed E-state index contributed by atoms with van der Waals surface area (Å²) in [4.78, 5) is 20.3. The van der Waals surface area contributed by atoms with Crippen LogP contribution in [0.1, 0.15) is 34.8 Å². The van der Waals surface area contributed by atoms with E-state index in [1.807, 2.05) is 30.3 Å². The Labute approximate surface area is 174 Å². The Morgan fingerprint density at radius 2 is 1.74 bits per heavy atom. The van der Waals surface area contributed by atoms with E-state index in [0.29, 0.717) is 24.3 Å². The molecule has 0 saturated carbocycles. The number of oxazole rings is 1. The fraction of sp³-hybridized carbons (Fsp3) is 0.182. The van der Waals surface area contributed by atoms with Gasteiger partial charge in [0.05, 0.1) is 5.69 Å². The van der Waals surface area contributed by atoms with E-state index in [4.69, 9.17) is 4.42 Å². The Balaban J connectivity index is 1.37. The zero-order valence-electron chi connectivity index (χ0n) is 16.1. The molecule has 31 heavy (non-hydrogen) atoms. The number of benzene rings is 2. The van der Waals surface area contributed by atoms with Gasteiger partial charge < -0.3 is 8.94 Å². The molecule has 0 amide bonds. The Morgan fingerprint density at radius 1 is 0.968 bits per heavy atom. The van der Waals surface area contributed by atoms with Crippen molar-refractivity contribution in [3.8, 4) is 22.8 Å². The number of hydrogen-bond acceptors (Lipinski definition) is 6. The molecule has 0 radical (unpaired) electrons. The van der Waals surface area contributed by atoms with Crippen LogP contribution >= 0.6 is 0 Å². The SMILES string of the molecule is O=C(CCCc1coc(-c2ccccc2)n1)c1cccc(-c2noc(C(F)(F)F)n2)c1. The van der Waals surface area contributed by atoms with Gasteiger partial charge in [-0.1, -0.05) is 41.6 Å². The van der Waals surface area contributed by atoms with E-state index < -0.39 is 12.1 Å². The molecule has 158 valence electrons. The van der Waals surface area contributed by atoms with E-state index in [1.54, 1.807) is 18.4 Å². The summed E-state index contributed by atoms with van der Waals surface area (Å²) in [7, 11) is 0. The van der Waals surface area contributed by atoms with Crippen molar-refractivity contribution in [2.45, 2.75) is 25.4 Å². The third-order valence-electron chi connectivity index (χ3n) is 4.52. The van der Waals surface area contributed by atoms with E-state index in [2.05, 4.69) is 19.6 Å². The number of hydrogen-bond donors (Lipinski definition) is 0. The molecule has 0 N–H and O–H groups in total. The number of carbonyl (C=O) groups is 1. The predicted molar refractivity (Wildman–Crippen MR) is 104 cm³/mol. The molecular weight excluding hydrogens is 411 g/mol. The molecule has 0 spiro atoms. The summed E-state index contributed by atoms with van der Waals surface area (Å²) < 4.78 is 47.6. The van der Waals surface area contributed by atoms with Crippen molar-refractivity contribution in [3.63, 3.8) is 0 Å². The number of rotatable bonds is 7. The number of carbonyl (C=O) groups excluding carboxylic acids is 1. The highest BCUT2D eigenvalue weighted by Gasteiger charge is 2.38. The second-order valence-electron chi connectivity index (χ2n) is 6.79. The Hall–Kier alpha value is -3.75. The van der Waals surface area contributed by atoms with Gasteiger partial charge in [-0.05, 0) is 31.0 Å². The number of aromatic nitrogens is 3. The first-order valence-corrected chi connectivity index (χ1v) is 9.44. The first-order chi connectivity index (χ1) is 14.9. The fourth-order valence-corrected chi connectivity index (χ4v) is 3.00. The van der Waals surface area contributed by atoms with Crippen molar-refractivity contribution in [2.75, 3.05) is 0 Å². The zero-order chi connectivity index (χ0) is 21.8. The molecule has 0 aliphatic carbocycles. The molecule has 9 heteroatoms. The summed E-state index contributed by atoms with van der Waals surface area (Å²) in [6.07, 6.45) is -1.80. The normalized spacial score (nSPS) is 11.6. The minimum absolute atomic E-state index is 0.145. The summed E-state index contributed by atoms with van der Waals surface area (Å²) in [6.45, 7) is 0. The van der Waals surface area contributed by atoms with Gasteiger partial charge in [-0.25, -0.2) is 4.98 Å². The average molecular weight is 427 g/mol. The van der Waals surface area contributed by atoms with Crippen LogP contribution in [0.15, 0.2) is 69.8 Å². The van der Waals surface area contributed by atoms with Gasteiger partial charge >= 0.3 is 12.1 Å². The first kappa shape index (κ1) is 20.5. The molecule has 0 bridgehead atoms. The van der Waals surface area contributed by atoms with E-state index in [-0.39, 0.29) is 23.6 Å². The average Bonchev–Trinajstić information content (AvgIpc) is 3.44. The van der Waals surface area contributed by atoms with Crippen LogP contribution in [-0.4, -0.2) is 20.9 Å². The third-order valence-corrected chi connectivity index (χ3v) is 4.52. The number of halogens is 3. The highest BCUT2D eigenvalue weighted by atomic mass is 19.4. The largest absolute Gasteiger partial charge is 0.471 e. The summed E-state index contributed by atoms with van der Waals surface area (Å²) in [5.74, 6) is -1.28. The van der Waals surface area contributed by atoms with Crippen molar-refractivity contribution in [2.24, 2.45) is 0 Å². The molecule has 0 saturated heterocycles. The molecule has 0 aliphatic heterocycles. The van der Waals surface area contributed by atoms with Gasteiger partial charge in [0.25, 0.3) is 0 Å². The molecule has 2 aromatic heterocycles. The molecule has 0 unspecified atom stereocenters. The van der Waals surface area contributed by atoms with Crippen LogP contribution in [0.25, 0.3) is 22.8 Å². The van der Waals surface area contributed by atoms with Gasteiger partial charge in [0.1, 0.15) is 6.26 Å². The number of alkyl halides is 3. The number of aryl methyl sites for hydroxylation is 1. The third kappa shape index (κ3) is 4.88. The lowest BCUT2D eigenvalue weighted by molar-refractivity contribution is -0.159. The van der Waals surface area contributed by atoms with Crippen LogP contribution in [0.5, 0.6) is 0 Å². The van der Waals surface area contributed by atoms with Gasteiger partial charge in [-0.3, -0.25) is 4.79 Å². The van der Waals surface area contributed by atoms with Gasteiger partial charge in [-0.2, -0.15) is 18.2 Å². The van der Waals surface area contributed by atoms with Crippen molar-refractivity contribution in [1.29, 1.82) is 0 Å². The zero-order valence-corrected chi connectivity index (χ0v) is 16.1. The Morgan fingerprint density at radius 3 is 2.48 bits per heavy atom. The number of ketones is 1. The number of nitrogens with zero attached hydrogens (tertiary/aromatic N) is 3. The van der Waals surface area contributed by atoms with Crippen LogP contribution in [-0.2, 0) is 12.6 Å². The highest BCUT2D eigenvalue weighted by Crippen LogP contribution is 2.29. The molecule has 4 rings (SSSR count). The predicted octanol–water partition coefficient (Wildman–Crippen LogP) is 5.62. The van der Waals surface area contributed by atoms with Crippen molar-refractivity contribution in [3.05, 3.63) is 78.0 Å². The minimum atomic E-state index is -4.72. The molecule has 0 atom stereocenters. The van der Waals surface area contributed by atoms with Gasteiger partial charge in [0, 0.05) is 23.1 Å². The van der Waals surface area contributed by atoms with Crippen LogP contribution in [0.2, 0.25) is 0 Å². The molecular formula is C22H16F3N3O3. The summed E-state index contributed by atoms with van der Waals surface area (Å²) in [5, 5.41) is 3.35. The van der Waals surface area contributed by atoms with Crippen molar-refractivity contribution < 1.29 is 26.9 Å². The monoisotopic (exact) mass is 427 g/mol. The maximum atomic E-state index is 12.6. The van der Waals surface area contributed by atoms with Crippen LogP contribution in [0.4, 0.5) is 13.2 Å². The van der Waals surface area contributed by atoms with E-state index >= 15 is 0 Å². The summed E-state index contributed by atoms with van der Waals surface area (Å²) in [5.41, 5.74) is 2.25. The molecule has 0 fully saturated rings. The Bertz CT molecular complexity index is 1180. The van der Waals surface area contributed by atoms with Gasteiger partial charge in [0.2, 0.25) is 11.7 Å². The minimum Gasteiger partial charge on any atom is -0.444 e. The molecule has 6 nitrogen and oxygen atoms in total. The van der Waals surface area contributed by atoms with E-state index in [1.165, 1.54) is 12.1 Å². The Kier molecular flexibility index (Phi) is 5.66. The van der Waals surface area contributed by atoms with Gasteiger partial charge in [0.15, 0.2) is 5.78 Å². The molecule has 2 heterocycles. The summed E-state index contributed by atoms with van der Waals surface area (Å²) >= 11 is 0. The lowest BCUT2D eigenvalue weighted by Crippen LogP contribution is -2.05. The lowest BCUT2D eigenvalue weighted by Gasteiger charge is -2.02. The lowest BCUT2D eigenvalue weighted by atomic mass is 10.0. The quantitative estimate of drug-likeness (QED) is 0.356. The molecule has 0 aliphatic rings. The smallest absolute Gasteiger partial charge is 0.444 e. The second kappa shape index (κ2) is 8.55. The van der Waals surface area contributed by atoms with E-state index in [9.17, 15) is 18.0 Å². The highest BCUT2D eigenvalue weighted by molar-refractivity contribution is 5.97. The van der Waals surface area contributed by atoms with E-state index in [0.717, 1.165) is 11.3 Å². The number of Topliss-reactive ketones (excluding diaryl/α,β-unsaturated/α-hetero) is 1. The van der Waals surface area contributed by atoms with Crippen molar-refractivity contribution >= 4 is 5.78 Å². The van der Waals surface area contributed by atoms with Crippen LogP contribution in [0.3, 0.4) is 0 Å². The fourth-order valence-electron chi connectivity index (χ4n) is 3.00. The van der Waals surface area contributed by atoms with Gasteiger partial charge in [-0.15, -0.1) is 0 Å². The first-order valence-electron chi connectivity index (χ1n) is 9.44. The summed E-state index contributed by atoms with van der Waals surface area (Å²) in [6, 6.07) is 15.6. The second-order valence-corrected chi connectivity index (χ2v) is 6.79. The molecule has 2 aromatic carbocycles. The standard InChI is InChI=1S/C22H16F3N3O3/c23-22(24,25)21-27-19(28-31-21)16-9-4-8-15(12-16)18(29)11-5-10-17-13-30-20(26-17)14-6-2-1-3-7-14/h1-4,6-9,12-13H,5,10-11H2. The topological polar surface area (TPSA) is 82.0 Å². The maximum Gasteiger partial charge on any atom is 0.471 e. The van der Waals surface area contributed by atoms with Crippen molar-refractivity contribution in [1.82, 2.24) is 15.1 Å². The molecule has 4 aromatic rings. The van der Waals surface area contributed by atoms with Crippen LogP contribution in [0, 0.1) is 0 Å². The van der Waals surface area contributed by atoms with Crippen LogP contribution < -0.4 is 0 Å².